The molecule has 1 heterocycles. The number of nitrogens with zero attached hydrogens (tertiary/aromatic N) is 1. The Hall–Kier alpha value is -2.37. The molecule has 0 aliphatic rings. The fourth-order valence-electron chi connectivity index (χ4n) is 0.815. The van der Waals surface area contributed by atoms with Crippen LogP contribution in [0.4, 0.5) is 0 Å². The van der Waals surface area contributed by atoms with Gasteiger partial charge in [-0.2, -0.15) is 5.10 Å². The highest BCUT2D eigenvalue weighted by Crippen LogP contribution is 1.94. The van der Waals surface area contributed by atoms with Crippen molar-refractivity contribution >= 4 is 18.0 Å². The van der Waals surface area contributed by atoms with E-state index in [0.29, 0.717) is 5.76 Å². The average molecular weight is 221 g/mol. The predicted octanol–water partition coefficient (Wildman–Crippen LogP) is 0.0319. The Labute approximate surface area is 92.0 Å². The van der Waals surface area contributed by atoms with Gasteiger partial charge in [0.05, 0.1) is 12.5 Å². The normalized spacial score (nSPS) is 10.0. The lowest BCUT2D eigenvalue weighted by Gasteiger charge is -1.99. The molecule has 84 valence electrons. The van der Waals surface area contributed by atoms with Gasteiger partial charge in [0.15, 0.2) is 0 Å². The molecule has 0 fully saturated rings. The zero-order chi connectivity index (χ0) is 11.8. The molecule has 6 heteroatoms. The monoisotopic (exact) mass is 221 g/mol. The van der Waals surface area contributed by atoms with Gasteiger partial charge in [0.1, 0.15) is 5.76 Å². The van der Waals surface area contributed by atoms with E-state index in [1.54, 1.807) is 12.1 Å². The first-order chi connectivity index (χ1) is 7.74. The van der Waals surface area contributed by atoms with Crippen LogP contribution < -0.4 is 10.7 Å². The molecule has 1 aromatic rings. The third kappa shape index (κ3) is 3.79. The Morgan fingerprint density at radius 1 is 1.50 bits per heavy atom. The van der Waals surface area contributed by atoms with E-state index in [1.807, 2.05) is 0 Å². The molecule has 0 bridgehead atoms. The van der Waals surface area contributed by atoms with Gasteiger partial charge >= 0.3 is 11.8 Å². The van der Waals surface area contributed by atoms with Gasteiger partial charge in [-0.1, -0.05) is 6.08 Å². The van der Waals surface area contributed by atoms with Gasteiger partial charge in [0.25, 0.3) is 0 Å². The van der Waals surface area contributed by atoms with Gasteiger partial charge in [0, 0.05) is 6.54 Å². The van der Waals surface area contributed by atoms with E-state index in [2.05, 4.69) is 22.4 Å². The summed E-state index contributed by atoms with van der Waals surface area (Å²) in [7, 11) is 0. The van der Waals surface area contributed by atoms with Crippen molar-refractivity contribution in [3.63, 3.8) is 0 Å². The number of carbonyl (C=O) groups excluding carboxylic acids is 2. The van der Waals surface area contributed by atoms with Crippen molar-refractivity contribution in [3.8, 4) is 0 Å². The molecular formula is C10H11N3O3. The Balaban J connectivity index is 2.34. The van der Waals surface area contributed by atoms with Crippen LogP contribution >= 0.6 is 0 Å². The highest BCUT2D eigenvalue weighted by Gasteiger charge is 2.10. The van der Waals surface area contributed by atoms with Crippen LogP contribution in [0.15, 0.2) is 40.6 Å². The number of hydrazone groups is 1. The van der Waals surface area contributed by atoms with E-state index in [1.165, 1.54) is 18.6 Å². The quantitative estimate of drug-likeness (QED) is 0.325. The van der Waals surface area contributed by atoms with E-state index in [-0.39, 0.29) is 6.54 Å². The van der Waals surface area contributed by atoms with Crippen molar-refractivity contribution in [1.29, 1.82) is 0 Å². The van der Waals surface area contributed by atoms with Gasteiger partial charge in [-0.3, -0.25) is 9.59 Å². The van der Waals surface area contributed by atoms with Crippen molar-refractivity contribution in [1.82, 2.24) is 10.7 Å². The van der Waals surface area contributed by atoms with Crippen LogP contribution in [-0.4, -0.2) is 24.6 Å². The van der Waals surface area contributed by atoms with Crippen LogP contribution in [0.25, 0.3) is 0 Å². The Morgan fingerprint density at radius 3 is 2.94 bits per heavy atom. The topological polar surface area (TPSA) is 83.7 Å². The minimum absolute atomic E-state index is 0.230. The number of hydrogen-bond donors (Lipinski definition) is 2. The van der Waals surface area contributed by atoms with Crippen LogP contribution in [0.3, 0.4) is 0 Å². The summed E-state index contributed by atoms with van der Waals surface area (Å²) in [5, 5.41) is 5.85. The summed E-state index contributed by atoms with van der Waals surface area (Å²) in [5.74, 6) is -1.13. The summed E-state index contributed by atoms with van der Waals surface area (Å²) in [6.45, 7) is 3.63. The molecule has 1 aromatic heterocycles. The van der Waals surface area contributed by atoms with Crippen molar-refractivity contribution in [2.75, 3.05) is 6.54 Å². The molecule has 0 atom stereocenters. The third-order valence-electron chi connectivity index (χ3n) is 1.51. The molecular weight excluding hydrogens is 210 g/mol. The Bertz CT molecular complexity index is 395. The standard InChI is InChI=1S/C10H11N3O3/c1-2-5-11-9(14)10(15)13-12-7-8-4-3-6-16-8/h2-4,6-7H,1,5H2,(H,11,14)(H,13,15)/b12-7-. The average Bonchev–Trinajstić information content (AvgIpc) is 2.78. The minimum atomic E-state index is -0.843. The summed E-state index contributed by atoms with van der Waals surface area (Å²) < 4.78 is 4.93. The maximum Gasteiger partial charge on any atom is 0.329 e. The second-order valence-electron chi connectivity index (χ2n) is 2.71. The zero-order valence-electron chi connectivity index (χ0n) is 8.47. The van der Waals surface area contributed by atoms with Gasteiger partial charge in [-0.25, -0.2) is 5.43 Å². The van der Waals surface area contributed by atoms with E-state index in [0.717, 1.165) is 0 Å². The highest BCUT2D eigenvalue weighted by atomic mass is 16.3. The molecule has 0 spiro atoms. The molecule has 2 amide bonds. The van der Waals surface area contributed by atoms with Crippen LogP contribution in [0, 0.1) is 0 Å². The Kier molecular flexibility index (Phi) is 4.52. The van der Waals surface area contributed by atoms with E-state index in [4.69, 9.17) is 4.42 Å². The number of hydrogen-bond acceptors (Lipinski definition) is 4. The number of furan rings is 1. The largest absolute Gasteiger partial charge is 0.463 e. The van der Waals surface area contributed by atoms with Crippen LogP contribution in [0.2, 0.25) is 0 Å². The highest BCUT2D eigenvalue weighted by molar-refractivity contribution is 6.35. The number of amides is 2. The van der Waals surface area contributed by atoms with Crippen molar-refractivity contribution in [3.05, 3.63) is 36.8 Å². The lowest BCUT2D eigenvalue weighted by molar-refractivity contribution is -0.139. The van der Waals surface area contributed by atoms with Gasteiger partial charge in [-0.15, -0.1) is 6.58 Å². The first-order valence-corrected chi connectivity index (χ1v) is 4.49. The van der Waals surface area contributed by atoms with E-state index >= 15 is 0 Å². The van der Waals surface area contributed by atoms with Gasteiger partial charge < -0.3 is 9.73 Å². The third-order valence-corrected chi connectivity index (χ3v) is 1.51. The minimum Gasteiger partial charge on any atom is -0.463 e. The summed E-state index contributed by atoms with van der Waals surface area (Å²) in [6.07, 6.45) is 4.23. The Morgan fingerprint density at radius 2 is 2.31 bits per heavy atom. The SMILES string of the molecule is C=CCNC(=O)C(=O)N/N=C\c1ccco1. The summed E-state index contributed by atoms with van der Waals surface area (Å²) in [4.78, 5) is 22.1. The predicted molar refractivity (Wildman–Crippen MR) is 57.7 cm³/mol. The first kappa shape index (κ1) is 11.7. The molecule has 0 unspecified atom stereocenters. The number of rotatable bonds is 4. The second kappa shape index (κ2) is 6.18. The molecule has 16 heavy (non-hydrogen) atoms. The van der Waals surface area contributed by atoms with Crippen LogP contribution in [0.1, 0.15) is 5.76 Å². The number of carbonyl (C=O) groups is 2. The van der Waals surface area contributed by atoms with Crippen molar-refractivity contribution in [2.45, 2.75) is 0 Å². The number of nitrogens with one attached hydrogen (secondary N) is 2. The van der Waals surface area contributed by atoms with Crippen LogP contribution in [0.5, 0.6) is 0 Å². The second-order valence-corrected chi connectivity index (χ2v) is 2.71. The van der Waals surface area contributed by atoms with E-state index in [9.17, 15) is 9.59 Å². The summed E-state index contributed by atoms with van der Waals surface area (Å²) in [6, 6.07) is 3.34. The molecule has 6 nitrogen and oxygen atoms in total. The van der Waals surface area contributed by atoms with Crippen molar-refractivity contribution < 1.29 is 14.0 Å². The lowest BCUT2D eigenvalue weighted by Crippen LogP contribution is -2.37. The summed E-state index contributed by atoms with van der Waals surface area (Å²) >= 11 is 0. The molecule has 0 aromatic carbocycles. The molecule has 0 aliphatic heterocycles. The van der Waals surface area contributed by atoms with Crippen LogP contribution in [-0.2, 0) is 9.59 Å². The maximum atomic E-state index is 11.1. The molecule has 0 saturated carbocycles. The summed E-state index contributed by atoms with van der Waals surface area (Å²) in [5.41, 5.74) is 2.05. The fourth-order valence-corrected chi connectivity index (χ4v) is 0.815. The molecule has 2 N–H and O–H groups in total. The lowest BCUT2D eigenvalue weighted by atomic mass is 10.5. The van der Waals surface area contributed by atoms with E-state index < -0.39 is 11.8 Å². The van der Waals surface area contributed by atoms with Crippen molar-refractivity contribution in [2.24, 2.45) is 5.10 Å². The fraction of sp³-hybridized carbons (Fsp3) is 0.100. The molecule has 0 saturated heterocycles. The maximum absolute atomic E-state index is 11.1. The molecule has 0 radical (unpaired) electrons. The molecule has 0 aliphatic carbocycles. The van der Waals surface area contributed by atoms with Gasteiger partial charge in [-0.05, 0) is 12.1 Å². The first-order valence-electron chi connectivity index (χ1n) is 4.49. The van der Waals surface area contributed by atoms with Gasteiger partial charge in [0.2, 0.25) is 0 Å². The molecule has 1 rings (SSSR count). The smallest absolute Gasteiger partial charge is 0.329 e. The zero-order valence-corrected chi connectivity index (χ0v) is 8.47.